The Morgan fingerprint density at radius 3 is 2.68 bits per heavy atom. The van der Waals surface area contributed by atoms with E-state index in [1.807, 2.05) is 18.0 Å². The molecule has 1 aromatic carbocycles. The van der Waals surface area contributed by atoms with Crippen LogP contribution in [-0.2, 0) is 16.0 Å². The van der Waals surface area contributed by atoms with Gasteiger partial charge in [-0.3, -0.25) is 4.79 Å². The van der Waals surface area contributed by atoms with Gasteiger partial charge in [-0.25, -0.2) is 14.4 Å². The van der Waals surface area contributed by atoms with E-state index in [2.05, 4.69) is 21.8 Å². The van der Waals surface area contributed by atoms with Crippen LogP contribution in [0.25, 0.3) is 0 Å². The van der Waals surface area contributed by atoms with Gasteiger partial charge in [0.05, 0.1) is 6.54 Å². The summed E-state index contributed by atoms with van der Waals surface area (Å²) < 4.78 is 24.4. The first-order chi connectivity index (χ1) is 15.0. The second-order valence-electron chi connectivity index (χ2n) is 8.08. The maximum absolute atomic E-state index is 13.0. The van der Waals surface area contributed by atoms with E-state index in [0.29, 0.717) is 18.9 Å². The number of hydrogen-bond acceptors (Lipinski definition) is 6. The molecule has 1 atom stereocenters. The maximum Gasteiger partial charge on any atom is 0.248 e. The molecule has 0 N–H and O–H groups in total. The summed E-state index contributed by atoms with van der Waals surface area (Å²) in [4.78, 5) is 25.8. The lowest BCUT2D eigenvalue weighted by atomic mass is 10.0. The first kappa shape index (κ1) is 21.5. The molecule has 7 nitrogen and oxygen atoms in total. The molecule has 0 aliphatic carbocycles. The number of rotatable bonds is 6. The van der Waals surface area contributed by atoms with E-state index < -0.39 is 0 Å². The van der Waals surface area contributed by atoms with E-state index in [1.54, 1.807) is 12.1 Å². The molecule has 0 bridgehead atoms. The smallest absolute Gasteiger partial charge is 0.248 e. The summed E-state index contributed by atoms with van der Waals surface area (Å²) in [5.41, 5.74) is 1.16. The lowest BCUT2D eigenvalue weighted by Gasteiger charge is -2.42. The highest BCUT2D eigenvalue weighted by Crippen LogP contribution is 2.26. The average molecular weight is 429 g/mol. The topological polar surface area (TPSA) is 67.8 Å². The van der Waals surface area contributed by atoms with E-state index in [1.165, 1.54) is 12.1 Å². The molecule has 1 aromatic heterocycles. The van der Waals surface area contributed by atoms with Crippen LogP contribution in [0.3, 0.4) is 0 Å². The molecule has 3 heterocycles. The van der Waals surface area contributed by atoms with Crippen LogP contribution in [0.15, 0.2) is 30.5 Å². The number of ether oxygens (including phenoxy) is 2. The Hall–Kier alpha value is -2.74. The fraction of sp³-hybridized carbons (Fsp3) is 0.522. The standard InChI is InChI=1S/C23H29FN4O3/c1-3-17-12-25-16(2)26-23(17)27-10-8-19(9-11-27)28-13-21(31-15-22(28)29)14-30-20-6-4-18(24)5-7-20/h4-7,12,19,21H,3,8-11,13-15H2,1-2H3. The van der Waals surface area contributed by atoms with Gasteiger partial charge in [0.1, 0.15) is 42.5 Å². The van der Waals surface area contributed by atoms with Crippen molar-refractivity contribution in [3.63, 3.8) is 0 Å². The first-order valence-electron chi connectivity index (χ1n) is 10.9. The third kappa shape index (κ3) is 5.12. The van der Waals surface area contributed by atoms with E-state index in [0.717, 1.165) is 49.6 Å². The Balaban J connectivity index is 1.33. The zero-order chi connectivity index (χ0) is 21.8. The van der Waals surface area contributed by atoms with E-state index >= 15 is 0 Å². The fourth-order valence-corrected chi connectivity index (χ4v) is 4.22. The van der Waals surface area contributed by atoms with Gasteiger partial charge in [-0.15, -0.1) is 0 Å². The maximum atomic E-state index is 13.0. The summed E-state index contributed by atoms with van der Waals surface area (Å²) >= 11 is 0. The van der Waals surface area contributed by atoms with E-state index in [-0.39, 0.29) is 30.5 Å². The molecular formula is C23H29FN4O3. The molecule has 4 rings (SSSR count). The van der Waals surface area contributed by atoms with Crippen molar-refractivity contribution in [2.75, 3.05) is 37.7 Å². The molecule has 2 aromatic rings. The zero-order valence-corrected chi connectivity index (χ0v) is 18.1. The van der Waals surface area contributed by atoms with Crippen molar-refractivity contribution < 1.29 is 18.7 Å². The summed E-state index contributed by atoms with van der Waals surface area (Å²) in [6, 6.07) is 6.11. The number of hydrogen-bond donors (Lipinski definition) is 0. The fourth-order valence-electron chi connectivity index (χ4n) is 4.22. The highest BCUT2D eigenvalue weighted by atomic mass is 19.1. The third-order valence-electron chi connectivity index (χ3n) is 5.96. The van der Waals surface area contributed by atoms with Crippen LogP contribution in [0.2, 0.25) is 0 Å². The van der Waals surface area contributed by atoms with Gasteiger partial charge in [0, 0.05) is 30.9 Å². The largest absolute Gasteiger partial charge is 0.491 e. The average Bonchev–Trinajstić information content (AvgIpc) is 2.80. The molecule has 2 aliphatic heterocycles. The number of carbonyl (C=O) groups excluding carboxylic acids is 1. The Morgan fingerprint density at radius 2 is 1.97 bits per heavy atom. The molecule has 2 aliphatic rings. The van der Waals surface area contributed by atoms with Gasteiger partial charge >= 0.3 is 0 Å². The summed E-state index contributed by atoms with van der Waals surface area (Å²) in [6.07, 6.45) is 4.40. The van der Waals surface area contributed by atoms with Gasteiger partial charge in [-0.1, -0.05) is 6.92 Å². The quantitative estimate of drug-likeness (QED) is 0.705. The van der Waals surface area contributed by atoms with Crippen molar-refractivity contribution in [1.82, 2.24) is 14.9 Å². The van der Waals surface area contributed by atoms with Crippen LogP contribution < -0.4 is 9.64 Å². The monoisotopic (exact) mass is 428 g/mol. The molecule has 8 heteroatoms. The lowest BCUT2D eigenvalue weighted by molar-refractivity contribution is -0.154. The second-order valence-corrected chi connectivity index (χ2v) is 8.08. The molecule has 31 heavy (non-hydrogen) atoms. The minimum atomic E-state index is -0.299. The van der Waals surface area contributed by atoms with Crippen molar-refractivity contribution in [2.24, 2.45) is 0 Å². The van der Waals surface area contributed by atoms with Crippen LogP contribution in [0.4, 0.5) is 10.2 Å². The Morgan fingerprint density at radius 1 is 1.23 bits per heavy atom. The summed E-state index contributed by atoms with van der Waals surface area (Å²) in [7, 11) is 0. The number of halogens is 1. The van der Waals surface area contributed by atoms with Gasteiger partial charge in [0.2, 0.25) is 5.91 Å². The predicted molar refractivity (Wildman–Crippen MR) is 115 cm³/mol. The van der Waals surface area contributed by atoms with Gasteiger partial charge in [-0.05, 0) is 50.5 Å². The van der Waals surface area contributed by atoms with Crippen LogP contribution in [0.5, 0.6) is 5.75 Å². The number of aromatic nitrogens is 2. The molecule has 0 radical (unpaired) electrons. The van der Waals surface area contributed by atoms with Crippen molar-refractivity contribution in [3.05, 3.63) is 47.7 Å². The minimum absolute atomic E-state index is 0.0311. The summed E-state index contributed by atoms with van der Waals surface area (Å²) in [5, 5.41) is 0. The summed E-state index contributed by atoms with van der Waals surface area (Å²) in [5.74, 6) is 2.12. The summed E-state index contributed by atoms with van der Waals surface area (Å²) in [6.45, 7) is 6.65. The van der Waals surface area contributed by atoms with E-state index in [9.17, 15) is 9.18 Å². The molecule has 166 valence electrons. The van der Waals surface area contributed by atoms with Gasteiger partial charge in [0.15, 0.2) is 0 Å². The Kier molecular flexibility index (Phi) is 6.65. The molecular weight excluding hydrogens is 399 g/mol. The van der Waals surface area contributed by atoms with Gasteiger partial charge in [0.25, 0.3) is 0 Å². The highest BCUT2D eigenvalue weighted by Gasteiger charge is 2.34. The van der Waals surface area contributed by atoms with Crippen molar-refractivity contribution in [1.29, 1.82) is 0 Å². The van der Waals surface area contributed by atoms with Gasteiger partial charge < -0.3 is 19.3 Å². The van der Waals surface area contributed by atoms with Crippen molar-refractivity contribution in [2.45, 2.75) is 45.3 Å². The van der Waals surface area contributed by atoms with Crippen LogP contribution in [-0.4, -0.2) is 65.8 Å². The van der Waals surface area contributed by atoms with Gasteiger partial charge in [-0.2, -0.15) is 0 Å². The van der Waals surface area contributed by atoms with Crippen LogP contribution in [0.1, 0.15) is 31.2 Å². The molecule has 1 amide bonds. The van der Waals surface area contributed by atoms with Crippen molar-refractivity contribution in [3.8, 4) is 5.75 Å². The third-order valence-corrected chi connectivity index (χ3v) is 5.96. The number of morpholine rings is 1. The normalized spacial score (nSPS) is 20.2. The molecule has 1 unspecified atom stereocenters. The molecule has 0 saturated carbocycles. The van der Waals surface area contributed by atoms with Crippen LogP contribution >= 0.6 is 0 Å². The Labute approximate surface area is 182 Å². The predicted octanol–water partition coefficient (Wildman–Crippen LogP) is 2.76. The number of amides is 1. The SMILES string of the molecule is CCc1cnc(C)nc1N1CCC(N2CC(COc3ccc(F)cc3)OCC2=O)CC1. The van der Waals surface area contributed by atoms with E-state index in [4.69, 9.17) is 9.47 Å². The molecule has 2 saturated heterocycles. The first-order valence-corrected chi connectivity index (χ1v) is 10.9. The van der Waals surface area contributed by atoms with Crippen LogP contribution in [0, 0.1) is 12.7 Å². The number of anilines is 1. The zero-order valence-electron chi connectivity index (χ0n) is 18.1. The molecule has 2 fully saturated rings. The highest BCUT2D eigenvalue weighted by molar-refractivity contribution is 5.78. The number of aryl methyl sites for hydroxylation is 2. The number of carbonyl (C=O) groups is 1. The number of benzene rings is 1. The van der Waals surface area contributed by atoms with Crippen molar-refractivity contribution >= 4 is 11.7 Å². The second kappa shape index (κ2) is 9.60. The number of piperidine rings is 1. The number of nitrogens with zero attached hydrogens (tertiary/aromatic N) is 4. The Bertz CT molecular complexity index is 900. The molecule has 0 spiro atoms. The minimum Gasteiger partial charge on any atom is -0.491 e. The lowest BCUT2D eigenvalue weighted by Crippen LogP contribution is -2.55.